The molecule has 0 atom stereocenters. The molecule has 0 spiro atoms. The third kappa shape index (κ3) is 2.22. The van der Waals surface area contributed by atoms with Gasteiger partial charge in [-0.3, -0.25) is 0 Å². The average Bonchev–Trinajstić information content (AvgIpc) is 2.06. The van der Waals surface area contributed by atoms with E-state index in [1.165, 1.54) is 5.56 Å². The maximum absolute atomic E-state index is 10.5. The van der Waals surface area contributed by atoms with Gasteiger partial charge in [-0.05, 0) is 43.5 Å². The summed E-state index contributed by atoms with van der Waals surface area (Å²) < 4.78 is 4.81. The normalized spacial score (nSPS) is 9.85. The zero-order chi connectivity index (χ0) is 10.0. The second-order valence-electron chi connectivity index (χ2n) is 2.97. The maximum Gasteiger partial charge on any atom is 0.409 e. The number of rotatable bonds is 1. The average molecular weight is 199 g/mol. The molecule has 3 heteroatoms. The van der Waals surface area contributed by atoms with Gasteiger partial charge in [0.2, 0.25) is 0 Å². The number of hydrogen-bond donors (Lipinski definition) is 0. The Hall–Kier alpha value is -1.02. The molecule has 0 bridgehead atoms. The van der Waals surface area contributed by atoms with Crippen LogP contribution in [0.2, 0.25) is 0 Å². The quantitative estimate of drug-likeness (QED) is 0.647. The monoisotopic (exact) mass is 198 g/mol. The molecule has 0 heterocycles. The van der Waals surface area contributed by atoms with Crippen LogP contribution < -0.4 is 4.74 Å². The van der Waals surface area contributed by atoms with Crippen LogP contribution in [-0.4, -0.2) is 5.43 Å². The Labute approximate surface area is 82.5 Å². The smallest absolute Gasteiger partial charge is 0.409 e. The summed E-state index contributed by atoms with van der Waals surface area (Å²) in [6.07, 6.45) is 0. The lowest BCUT2D eigenvalue weighted by atomic mass is 10.0. The molecule has 0 aliphatic heterocycles. The van der Waals surface area contributed by atoms with Gasteiger partial charge in [-0.1, -0.05) is 6.07 Å². The molecule has 0 saturated heterocycles. The first-order chi connectivity index (χ1) is 6.02. The molecular weight excluding hydrogens is 188 g/mol. The Morgan fingerprint density at radius 1 is 1.23 bits per heavy atom. The molecule has 0 N–H and O–H groups in total. The Morgan fingerprint density at radius 2 is 1.85 bits per heavy atom. The van der Waals surface area contributed by atoms with Gasteiger partial charge in [-0.25, -0.2) is 4.79 Å². The molecule has 13 heavy (non-hydrogen) atoms. The van der Waals surface area contributed by atoms with Gasteiger partial charge in [0.25, 0.3) is 0 Å². The van der Waals surface area contributed by atoms with Gasteiger partial charge in [-0.15, -0.1) is 0 Å². The highest BCUT2D eigenvalue weighted by molar-refractivity contribution is 6.61. The van der Waals surface area contributed by atoms with E-state index >= 15 is 0 Å². The van der Waals surface area contributed by atoms with Gasteiger partial charge >= 0.3 is 5.43 Å². The topological polar surface area (TPSA) is 26.3 Å². The molecule has 0 radical (unpaired) electrons. The lowest BCUT2D eigenvalue weighted by Gasteiger charge is -2.09. The predicted octanol–water partition coefficient (Wildman–Crippen LogP) is 3.35. The molecule has 0 saturated carbocycles. The zero-order valence-corrected chi connectivity index (χ0v) is 8.61. The van der Waals surface area contributed by atoms with E-state index in [9.17, 15) is 4.79 Å². The summed E-state index contributed by atoms with van der Waals surface area (Å²) in [4.78, 5) is 10.5. The van der Waals surface area contributed by atoms with Crippen LogP contribution >= 0.6 is 11.6 Å². The maximum atomic E-state index is 10.5. The fourth-order valence-corrected chi connectivity index (χ4v) is 1.21. The highest BCUT2D eigenvalue weighted by Crippen LogP contribution is 2.24. The van der Waals surface area contributed by atoms with Crippen molar-refractivity contribution in [2.45, 2.75) is 20.8 Å². The minimum absolute atomic E-state index is 0.531. The van der Waals surface area contributed by atoms with E-state index in [4.69, 9.17) is 16.3 Å². The lowest BCUT2D eigenvalue weighted by molar-refractivity contribution is 0.225. The zero-order valence-electron chi connectivity index (χ0n) is 7.85. The van der Waals surface area contributed by atoms with Crippen molar-refractivity contribution in [1.29, 1.82) is 0 Å². The number of aryl methyl sites for hydroxylation is 1. The van der Waals surface area contributed by atoms with Gasteiger partial charge in [0, 0.05) is 11.6 Å². The van der Waals surface area contributed by atoms with Gasteiger partial charge in [0.15, 0.2) is 0 Å². The summed E-state index contributed by atoms with van der Waals surface area (Å²) in [6.45, 7) is 5.89. The number of ether oxygens (including phenoxy) is 1. The van der Waals surface area contributed by atoms with E-state index in [1.54, 1.807) is 6.07 Å². The Morgan fingerprint density at radius 3 is 2.38 bits per heavy atom. The molecule has 0 unspecified atom stereocenters. The molecule has 70 valence electrons. The third-order valence-electron chi connectivity index (χ3n) is 2.20. The van der Waals surface area contributed by atoms with Gasteiger partial charge in [-0.2, -0.15) is 0 Å². The molecule has 1 aromatic carbocycles. The Bertz CT molecular complexity index is 345. The highest BCUT2D eigenvalue weighted by Gasteiger charge is 2.07. The van der Waals surface area contributed by atoms with Crippen LogP contribution in [0.3, 0.4) is 0 Å². The number of carbonyl (C=O) groups excluding carboxylic acids is 1. The van der Waals surface area contributed by atoms with Crippen molar-refractivity contribution in [3.8, 4) is 5.75 Å². The molecule has 1 rings (SSSR count). The Balaban J connectivity index is 3.10. The summed E-state index contributed by atoms with van der Waals surface area (Å²) in [5, 5.41) is 0. The van der Waals surface area contributed by atoms with Gasteiger partial charge in [0.1, 0.15) is 5.75 Å². The van der Waals surface area contributed by atoms with Crippen molar-refractivity contribution in [2.24, 2.45) is 0 Å². The van der Waals surface area contributed by atoms with Crippen LogP contribution in [0.1, 0.15) is 16.7 Å². The molecule has 0 fully saturated rings. The summed E-state index contributed by atoms with van der Waals surface area (Å²) in [5.74, 6) is 0.531. The first kappa shape index (κ1) is 10.1. The fourth-order valence-electron chi connectivity index (χ4n) is 1.13. The predicted molar refractivity (Wildman–Crippen MR) is 52.5 cm³/mol. The molecule has 1 aromatic rings. The van der Waals surface area contributed by atoms with E-state index in [0.29, 0.717) is 5.75 Å². The lowest BCUT2D eigenvalue weighted by Crippen LogP contribution is -1.99. The first-order valence-corrected chi connectivity index (χ1v) is 4.34. The van der Waals surface area contributed by atoms with Crippen LogP contribution in [0.15, 0.2) is 12.1 Å². The number of carbonyl (C=O) groups is 1. The summed E-state index contributed by atoms with van der Waals surface area (Å²) in [6, 6.07) is 3.65. The molecule has 0 aliphatic carbocycles. The number of halogens is 1. The van der Waals surface area contributed by atoms with Crippen LogP contribution in [0.5, 0.6) is 5.75 Å². The standard InChI is InChI=1S/C10H11ClO2/c1-6-4-5-9(13-10(11)12)8(3)7(6)2/h4-5H,1-3H3. The van der Waals surface area contributed by atoms with Crippen molar-refractivity contribution in [3.05, 3.63) is 28.8 Å². The van der Waals surface area contributed by atoms with E-state index in [-0.39, 0.29) is 0 Å². The molecule has 0 aliphatic rings. The first-order valence-electron chi connectivity index (χ1n) is 3.96. The van der Waals surface area contributed by atoms with Crippen molar-refractivity contribution in [1.82, 2.24) is 0 Å². The second kappa shape index (κ2) is 3.79. The Kier molecular flexibility index (Phi) is 2.94. The van der Waals surface area contributed by atoms with Crippen LogP contribution in [0.25, 0.3) is 0 Å². The second-order valence-corrected chi connectivity index (χ2v) is 3.28. The molecular formula is C10H11ClO2. The van der Waals surface area contributed by atoms with Crippen LogP contribution in [0, 0.1) is 20.8 Å². The van der Waals surface area contributed by atoms with E-state index in [1.807, 2.05) is 26.8 Å². The minimum Gasteiger partial charge on any atom is -0.414 e. The van der Waals surface area contributed by atoms with Crippen LogP contribution in [0.4, 0.5) is 4.79 Å². The largest absolute Gasteiger partial charge is 0.414 e. The summed E-state index contributed by atoms with van der Waals surface area (Å²) in [7, 11) is 0. The fraction of sp³-hybridized carbons (Fsp3) is 0.300. The molecule has 0 amide bonds. The number of hydrogen-bond acceptors (Lipinski definition) is 2. The minimum atomic E-state index is -0.800. The van der Waals surface area contributed by atoms with Crippen molar-refractivity contribution < 1.29 is 9.53 Å². The SMILES string of the molecule is Cc1ccc(OC(=O)Cl)c(C)c1C. The molecule has 0 aromatic heterocycles. The van der Waals surface area contributed by atoms with Gasteiger partial charge < -0.3 is 4.74 Å². The van der Waals surface area contributed by atoms with Crippen molar-refractivity contribution in [2.75, 3.05) is 0 Å². The van der Waals surface area contributed by atoms with Crippen LogP contribution in [-0.2, 0) is 0 Å². The van der Waals surface area contributed by atoms with E-state index < -0.39 is 5.43 Å². The van der Waals surface area contributed by atoms with E-state index in [0.717, 1.165) is 11.1 Å². The summed E-state index contributed by atoms with van der Waals surface area (Å²) in [5.41, 5.74) is 2.45. The van der Waals surface area contributed by atoms with Crippen molar-refractivity contribution >= 4 is 17.0 Å². The van der Waals surface area contributed by atoms with Crippen molar-refractivity contribution in [3.63, 3.8) is 0 Å². The van der Waals surface area contributed by atoms with Gasteiger partial charge in [0.05, 0.1) is 0 Å². The van der Waals surface area contributed by atoms with E-state index in [2.05, 4.69) is 0 Å². The highest BCUT2D eigenvalue weighted by atomic mass is 35.5. The molecule has 2 nitrogen and oxygen atoms in total. The number of benzene rings is 1. The third-order valence-corrected chi connectivity index (χ3v) is 2.28. The summed E-state index contributed by atoms with van der Waals surface area (Å²) >= 11 is 5.12.